The minimum absolute atomic E-state index is 0.0266. The molecule has 0 aliphatic rings. The number of hydrogen-bond acceptors (Lipinski definition) is 7. The van der Waals surface area contributed by atoms with Crippen molar-refractivity contribution in [2.24, 2.45) is 0 Å². The number of unbranched alkanes of at least 4 members (excludes halogenated alkanes) is 33. The van der Waals surface area contributed by atoms with Crippen molar-refractivity contribution in [1.29, 1.82) is 0 Å². The van der Waals surface area contributed by atoms with Gasteiger partial charge in [-0.05, 0) is 96.0 Å². The van der Waals surface area contributed by atoms with Gasteiger partial charge in [0.2, 0.25) is 5.91 Å². The van der Waals surface area contributed by atoms with Gasteiger partial charge in [-0.25, -0.2) is 0 Å². The molecule has 1 N–H and O–H groups in total. The highest BCUT2D eigenvalue weighted by Crippen LogP contribution is 2.38. The van der Waals surface area contributed by atoms with Gasteiger partial charge < -0.3 is 28.5 Å². The maximum Gasteiger partial charge on any atom is 0.306 e. The predicted octanol–water partition coefficient (Wildman–Crippen LogP) is 18.8. The maximum atomic E-state index is 13.5. The minimum atomic E-state index is -4.70. The van der Waals surface area contributed by atoms with Crippen LogP contribution in [0.4, 0.5) is 0 Å². The molecule has 0 aromatic carbocycles. The molecule has 3 atom stereocenters. The number of phosphoric ester groups is 1. The molecule has 0 saturated carbocycles. The molecular weight excluding hydrogens is 952 g/mol. The monoisotopic (exact) mass is 1070 g/mol. The summed E-state index contributed by atoms with van der Waals surface area (Å²) in [5, 5.41) is 3.03. The fourth-order valence-electron chi connectivity index (χ4n) is 8.99. The number of nitrogens with one attached hydrogen (secondary N) is 1. The smallest absolute Gasteiger partial charge is 0.306 e. The van der Waals surface area contributed by atoms with Crippen LogP contribution in [0.2, 0.25) is 0 Å². The lowest BCUT2D eigenvalue weighted by Crippen LogP contribution is -2.47. The molecule has 1 amide bonds. The van der Waals surface area contributed by atoms with Crippen LogP contribution in [0.5, 0.6) is 0 Å². The number of nitrogens with zero attached hydrogens (tertiary/aromatic N) is 1. The topological polar surface area (TPSA) is 114 Å². The molecule has 0 heterocycles. The highest BCUT2D eigenvalue weighted by Gasteiger charge is 2.27. The fourth-order valence-corrected chi connectivity index (χ4v) is 9.72. The molecule has 438 valence electrons. The van der Waals surface area contributed by atoms with Crippen LogP contribution in [0.3, 0.4) is 0 Å². The van der Waals surface area contributed by atoms with Gasteiger partial charge in [-0.3, -0.25) is 14.2 Å². The second-order valence-corrected chi connectivity index (χ2v) is 24.0. The first kappa shape index (κ1) is 72.7. The number of carbonyl (C=O) groups excluding carboxylic acids is 2. The van der Waals surface area contributed by atoms with Crippen LogP contribution in [-0.2, 0) is 27.9 Å². The van der Waals surface area contributed by atoms with Gasteiger partial charge in [-0.15, -0.1) is 0 Å². The lowest BCUT2D eigenvalue weighted by atomic mass is 10.0. The van der Waals surface area contributed by atoms with Crippen LogP contribution in [0.25, 0.3) is 0 Å². The first-order chi connectivity index (χ1) is 36.4. The number of esters is 1. The number of carbonyl (C=O) groups is 2. The number of ether oxygens (including phenoxy) is 1. The summed E-state index contributed by atoms with van der Waals surface area (Å²) >= 11 is 0. The van der Waals surface area contributed by atoms with Gasteiger partial charge in [-0.1, -0.05) is 242 Å². The number of phosphoric acid groups is 1. The molecule has 3 unspecified atom stereocenters. The van der Waals surface area contributed by atoms with E-state index in [9.17, 15) is 19.0 Å². The average Bonchev–Trinajstić information content (AvgIpc) is 3.37. The summed E-state index contributed by atoms with van der Waals surface area (Å²) in [5.41, 5.74) is 0. The molecule has 9 nitrogen and oxygen atoms in total. The summed E-state index contributed by atoms with van der Waals surface area (Å²) in [6, 6.07) is -0.898. The zero-order valence-corrected chi connectivity index (χ0v) is 50.9. The molecule has 75 heavy (non-hydrogen) atoms. The number of likely N-dealkylation sites (N-methyl/N-ethyl adjacent to an activating group) is 1. The third kappa shape index (κ3) is 56.2. The van der Waals surface area contributed by atoms with Gasteiger partial charge in [0, 0.05) is 12.8 Å². The molecular formula is C65H121N2O7P. The molecule has 0 aliphatic heterocycles. The van der Waals surface area contributed by atoms with Gasteiger partial charge >= 0.3 is 5.97 Å². The largest absolute Gasteiger partial charge is 0.756 e. The van der Waals surface area contributed by atoms with Crippen molar-refractivity contribution in [3.63, 3.8) is 0 Å². The Hall–Kier alpha value is -2.29. The molecule has 0 radical (unpaired) electrons. The predicted molar refractivity (Wildman–Crippen MR) is 321 cm³/mol. The van der Waals surface area contributed by atoms with Crippen molar-refractivity contribution >= 4 is 19.7 Å². The maximum absolute atomic E-state index is 13.5. The standard InChI is InChI=1S/C65H121N2O7P/c1-7-10-13-16-19-22-25-28-30-32-33-35-36-39-42-45-48-51-54-57-64(68)66-62(61-73-75(70,71)72-60-59-67(4,5)6)63(56-53-50-47-44-41-38-27-24-21-18-15-12-9-3)74-65(69)58-55-52-49-46-43-40-37-34-31-29-26-23-20-17-14-11-8-2/h19,22,28-31,33,35,53,56,62-63H,7-18,20-21,23-27,32,34,36-52,54-55,57-61H2,1-6H3,(H-,66,68,70,71)/b22-19-,30-28-,31-29+,35-33-,56-53+. The molecule has 10 heteroatoms. The highest BCUT2D eigenvalue weighted by molar-refractivity contribution is 7.45. The van der Waals surface area contributed by atoms with E-state index in [0.29, 0.717) is 17.4 Å². The Balaban J connectivity index is 5.31. The highest BCUT2D eigenvalue weighted by atomic mass is 31.2. The van der Waals surface area contributed by atoms with Crippen molar-refractivity contribution in [3.05, 3.63) is 60.8 Å². The Labute approximate surface area is 464 Å². The Morgan fingerprint density at radius 1 is 0.467 bits per heavy atom. The van der Waals surface area contributed by atoms with E-state index in [2.05, 4.69) is 74.7 Å². The summed E-state index contributed by atoms with van der Waals surface area (Å²) in [5.74, 6) is -0.555. The summed E-state index contributed by atoms with van der Waals surface area (Å²) < 4.78 is 30.3. The van der Waals surface area contributed by atoms with E-state index in [-0.39, 0.29) is 24.9 Å². The van der Waals surface area contributed by atoms with Crippen LogP contribution in [0.15, 0.2) is 60.8 Å². The minimum Gasteiger partial charge on any atom is -0.756 e. The molecule has 0 fully saturated rings. The van der Waals surface area contributed by atoms with Crippen LogP contribution in [0, 0.1) is 0 Å². The van der Waals surface area contributed by atoms with Gasteiger partial charge in [0.15, 0.2) is 0 Å². The van der Waals surface area contributed by atoms with Crippen molar-refractivity contribution in [3.8, 4) is 0 Å². The van der Waals surface area contributed by atoms with E-state index in [1.807, 2.05) is 33.3 Å². The fraction of sp³-hybridized carbons (Fsp3) is 0.815. The summed E-state index contributed by atoms with van der Waals surface area (Å²) in [6.07, 6.45) is 68.9. The number of hydrogen-bond donors (Lipinski definition) is 1. The van der Waals surface area contributed by atoms with Crippen LogP contribution in [0.1, 0.15) is 290 Å². The summed E-state index contributed by atoms with van der Waals surface area (Å²) in [4.78, 5) is 40.0. The first-order valence-electron chi connectivity index (χ1n) is 31.6. The Bertz CT molecular complexity index is 1470. The number of rotatable bonds is 57. The Kier molecular flexibility index (Phi) is 53.4. The van der Waals surface area contributed by atoms with E-state index in [1.54, 1.807) is 0 Å². The van der Waals surface area contributed by atoms with Crippen molar-refractivity contribution in [2.45, 2.75) is 303 Å². The van der Waals surface area contributed by atoms with Crippen LogP contribution in [-0.4, -0.2) is 69.4 Å². The molecule has 0 aromatic rings. The van der Waals surface area contributed by atoms with Crippen molar-refractivity contribution in [1.82, 2.24) is 5.32 Å². The Morgan fingerprint density at radius 3 is 1.25 bits per heavy atom. The van der Waals surface area contributed by atoms with Gasteiger partial charge in [0.25, 0.3) is 7.82 Å². The van der Waals surface area contributed by atoms with E-state index in [0.717, 1.165) is 109 Å². The van der Waals surface area contributed by atoms with Crippen LogP contribution < -0.4 is 10.2 Å². The van der Waals surface area contributed by atoms with Crippen LogP contribution >= 0.6 is 7.82 Å². The Morgan fingerprint density at radius 2 is 0.813 bits per heavy atom. The molecule has 0 saturated heterocycles. The third-order valence-corrected chi connectivity index (χ3v) is 14.9. The second kappa shape index (κ2) is 55.0. The molecule has 0 bridgehead atoms. The van der Waals surface area contributed by atoms with E-state index in [4.69, 9.17) is 13.8 Å². The summed E-state index contributed by atoms with van der Waals surface area (Å²) in [7, 11) is 1.17. The number of amides is 1. The lowest BCUT2D eigenvalue weighted by Gasteiger charge is -2.30. The zero-order chi connectivity index (χ0) is 55.0. The molecule has 0 spiro atoms. The van der Waals surface area contributed by atoms with Gasteiger partial charge in [-0.2, -0.15) is 0 Å². The quantitative estimate of drug-likeness (QED) is 0.0212. The lowest BCUT2D eigenvalue weighted by molar-refractivity contribution is -0.870. The molecule has 0 aromatic heterocycles. The van der Waals surface area contributed by atoms with Crippen molar-refractivity contribution in [2.75, 3.05) is 40.9 Å². The van der Waals surface area contributed by atoms with Crippen molar-refractivity contribution < 1.29 is 37.3 Å². The first-order valence-corrected chi connectivity index (χ1v) is 33.1. The summed E-state index contributed by atoms with van der Waals surface area (Å²) in [6.45, 7) is 6.82. The SMILES string of the molecule is CCCCC/C=C\C/C=C\C/C=C\CCCCCCCCC(=O)NC(COP(=O)([O-])OCC[N+](C)(C)C)C(/C=C/CCCCCCCCCCCCC)OC(=O)CCCCCCCCC/C=C/CCCCCCCC. The number of quaternary nitrogens is 1. The molecule has 0 aliphatic carbocycles. The second-order valence-electron chi connectivity index (χ2n) is 22.6. The van der Waals surface area contributed by atoms with E-state index < -0.39 is 26.6 Å². The van der Waals surface area contributed by atoms with E-state index >= 15 is 0 Å². The zero-order valence-electron chi connectivity index (χ0n) is 50.0. The average molecular weight is 1070 g/mol. The van der Waals surface area contributed by atoms with E-state index in [1.165, 1.54) is 148 Å². The molecule has 0 rings (SSSR count). The normalized spacial score (nSPS) is 14.1. The number of allylic oxidation sites excluding steroid dienone is 9. The van der Waals surface area contributed by atoms with Gasteiger partial charge in [0.05, 0.1) is 33.8 Å². The van der Waals surface area contributed by atoms with Gasteiger partial charge in [0.1, 0.15) is 19.3 Å². The third-order valence-electron chi connectivity index (χ3n) is 13.9.